The van der Waals surface area contributed by atoms with Crippen LogP contribution < -0.4 is 15.8 Å². The van der Waals surface area contributed by atoms with Gasteiger partial charge in [0.05, 0.1) is 4.92 Å². The third-order valence-electron chi connectivity index (χ3n) is 3.05. The van der Waals surface area contributed by atoms with Gasteiger partial charge >= 0.3 is 0 Å². The monoisotopic (exact) mass is 314 g/mol. The van der Waals surface area contributed by atoms with Gasteiger partial charge in [-0.2, -0.15) is 4.72 Å². The fourth-order valence-corrected chi connectivity index (χ4v) is 3.42. The summed E-state index contributed by atoms with van der Waals surface area (Å²) in [6.45, 7) is 0.485. The Morgan fingerprint density at radius 3 is 2.76 bits per heavy atom. The lowest BCUT2D eigenvalue weighted by Gasteiger charge is -2.22. The molecule has 1 aliphatic rings. The summed E-state index contributed by atoms with van der Waals surface area (Å²) >= 11 is 0. The van der Waals surface area contributed by atoms with Crippen LogP contribution in [0.1, 0.15) is 12.8 Å². The molecule has 0 bridgehead atoms. The molecule has 0 aromatic heterocycles. The molecule has 114 valence electrons. The Morgan fingerprint density at radius 1 is 1.43 bits per heavy atom. The summed E-state index contributed by atoms with van der Waals surface area (Å²) in [5, 5.41) is 13.5. The molecule has 1 atom stereocenters. The molecule has 4 N–H and O–H groups in total. The van der Waals surface area contributed by atoms with Gasteiger partial charge in [0, 0.05) is 18.3 Å². The largest absolute Gasteiger partial charge is 0.399 e. The maximum Gasteiger partial charge on any atom is 0.291 e. The zero-order chi connectivity index (χ0) is 15.6. The van der Waals surface area contributed by atoms with Crippen LogP contribution in [0, 0.1) is 10.1 Å². The summed E-state index contributed by atoms with van der Waals surface area (Å²) in [6.07, 6.45) is 0.969. The number of nitrogens with zero attached hydrogens (tertiary/aromatic N) is 1. The van der Waals surface area contributed by atoms with E-state index >= 15 is 0 Å². The van der Waals surface area contributed by atoms with Crippen molar-refractivity contribution in [1.82, 2.24) is 10.0 Å². The summed E-state index contributed by atoms with van der Waals surface area (Å²) in [6, 6.07) is 2.34. The smallest absolute Gasteiger partial charge is 0.291 e. The Hall–Kier alpha value is -2.20. The first-order chi connectivity index (χ1) is 9.81. The number of rotatable bonds is 4. The number of amides is 1. The number of nitrogens with two attached hydrogens (primary N) is 1. The van der Waals surface area contributed by atoms with E-state index in [2.05, 4.69) is 10.0 Å². The second kappa shape index (κ2) is 5.66. The van der Waals surface area contributed by atoms with Crippen molar-refractivity contribution in [3.63, 3.8) is 0 Å². The molecular formula is C11H14N4O5S. The molecule has 1 amide bonds. The predicted molar refractivity (Wildman–Crippen MR) is 73.9 cm³/mol. The predicted octanol–water partition coefficient (Wildman–Crippen LogP) is -0.266. The molecule has 1 aromatic carbocycles. The van der Waals surface area contributed by atoms with Gasteiger partial charge in [-0.25, -0.2) is 8.42 Å². The minimum absolute atomic E-state index is 0.0797. The summed E-state index contributed by atoms with van der Waals surface area (Å²) < 4.78 is 26.7. The Bertz CT molecular complexity index is 688. The Labute approximate surface area is 120 Å². The molecule has 10 heteroatoms. The first kappa shape index (κ1) is 15.2. The Kier molecular flexibility index (Phi) is 4.09. The number of sulfonamides is 1. The van der Waals surface area contributed by atoms with Crippen molar-refractivity contribution in [2.75, 3.05) is 12.3 Å². The molecular weight excluding hydrogens is 300 g/mol. The van der Waals surface area contributed by atoms with E-state index in [-0.39, 0.29) is 5.69 Å². The number of carbonyl (C=O) groups excluding carboxylic acids is 1. The number of anilines is 1. The van der Waals surface area contributed by atoms with E-state index in [0.29, 0.717) is 19.4 Å². The molecule has 1 aromatic rings. The van der Waals surface area contributed by atoms with E-state index in [9.17, 15) is 23.3 Å². The Balaban J connectivity index is 2.35. The molecule has 0 spiro atoms. The molecule has 1 unspecified atom stereocenters. The van der Waals surface area contributed by atoms with Crippen LogP contribution in [-0.2, 0) is 14.8 Å². The van der Waals surface area contributed by atoms with Crippen molar-refractivity contribution in [3.8, 4) is 0 Å². The number of hydrogen-bond acceptors (Lipinski definition) is 6. The third-order valence-corrected chi connectivity index (χ3v) is 4.57. The van der Waals surface area contributed by atoms with Crippen LogP contribution in [0.15, 0.2) is 23.1 Å². The van der Waals surface area contributed by atoms with Crippen LogP contribution in [0.5, 0.6) is 0 Å². The highest BCUT2D eigenvalue weighted by Gasteiger charge is 2.32. The summed E-state index contributed by atoms with van der Waals surface area (Å²) in [5.41, 5.74) is 4.88. The van der Waals surface area contributed by atoms with Gasteiger partial charge in [0.15, 0.2) is 4.90 Å². The van der Waals surface area contributed by atoms with Gasteiger partial charge in [-0.1, -0.05) is 0 Å². The molecule has 0 saturated carbocycles. The van der Waals surface area contributed by atoms with Gasteiger partial charge < -0.3 is 11.1 Å². The fourth-order valence-electron chi connectivity index (χ4n) is 2.04. The number of carbonyl (C=O) groups is 1. The van der Waals surface area contributed by atoms with Crippen LogP contribution in [0.25, 0.3) is 0 Å². The van der Waals surface area contributed by atoms with E-state index < -0.39 is 37.5 Å². The van der Waals surface area contributed by atoms with Gasteiger partial charge in [0.1, 0.15) is 6.04 Å². The average molecular weight is 314 g/mol. The number of nitro groups is 1. The van der Waals surface area contributed by atoms with Crippen molar-refractivity contribution in [3.05, 3.63) is 28.3 Å². The number of piperidine rings is 1. The minimum atomic E-state index is -4.19. The first-order valence-corrected chi connectivity index (χ1v) is 7.63. The molecule has 1 aliphatic heterocycles. The second-order valence-corrected chi connectivity index (χ2v) is 6.27. The van der Waals surface area contributed by atoms with E-state index in [1.54, 1.807) is 0 Å². The summed E-state index contributed by atoms with van der Waals surface area (Å²) in [4.78, 5) is 21.2. The maximum absolute atomic E-state index is 12.2. The van der Waals surface area contributed by atoms with Crippen LogP contribution in [0.2, 0.25) is 0 Å². The Morgan fingerprint density at radius 2 is 2.14 bits per heavy atom. The third kappa shape index (κ3) is 3.28. The minimum Gasteiger partial charge on any atom is -0.399 e. The molecule has 21 heavy (non-hydrogen) atoms. The van der Waals surface area contributed by atoms with Crippen LogP contribution in [0.3, 0.4) is 0 Å². The standard InChI is InChI=1S/C11H14N4O5S/c12-7-3-4-10(9(6-7)15(17)18)21(19,20)14-8-2-1-5-13-11(8)16/h3-4,6,8,14H,1-2,5,12H2,(H,13,16). The fraction of sp³-hybridized carbons (Fsp3) is 0.364. The van der Waals surface area contributed by atoms with E-state index in [4.69, 9.17) is 5.73 Å². The summed E-state index contributed by atoms with van der Waals surface area (Å²) in [5.74, 6) is -0.442. The molecule has 1 saturated heterocycles. The maximum atomic E-state index is 12.2. The van der Waals surface area contributed by atoms with Crippen molar-refractivity contribution in [2.45, 2.75) is 23.8 Å². The molecule has 1 fully saturated rings. The van der Waals surface area contributed by atoms with E-state index in [1.807, 2.05) is 0 Å². The van der Waals surface area contributed by atoms with Crippen LogP contribution >= 0.6 is 0 Å². The van der Waals surface area contributed by atoms with Crippen molar-refractivity contribution in [2.24, 2.45) is 0 Å². The van der Waals surface area contributed by atoms with Gasteiger partial charge in [0.2, 0.25) is 15.9 Å². The zero-order valence-electron chi connectivity index (χ0n) is 10.9. The quantitative estimate of drug-likeness (QED) is 0.396. The highest BCUT2D eigenvalue weighted by Crippen LogP contribution is 2.26. The van der Waals surface area contributed by atoms with Crippen LogP contribution in [0.4, 0.5) is 11.4 Å². The normalized spacial score (nSPS) is 19.0. The topological polar surface area (TPSA) is 144 Å². The molecule has 2 rings (SSSR count). The molecule has 1 heterocycles. The molecule has 9 nitrogen and oxygen atoms in total. The van der Waals surface area contributed by atoms with Crippen molar-refractivity contribution < 1.29 is 18.1 Å². The van der Waals surface area contributed by atoms with Gasteiger partial charge in [-0.3, -0.25) is 14.9 Å². The number of nitrogens with one attached hydrogen (secondary N) is 2. The highest BCUT2D eigenvalue weighted by atomic mass is 32.2. The van der Waals surface area contributed by atoms with Gasteiger partial charge in [-0.15, -0.1) is 0 Å². The lowest BCUT2D eigenvalue weighted by molar-refractivity contribution is -0.387. The number of benzene rings is 1. The second-order valence-electron chi connectivity index (χ2n) is 4.59. The zero-order valence-corrected chi connectivity index (χ0v) is 11.7. The lowest BCUT2D eigenvalue weighted by atomic mass is 10.1. The average Bonchev–Trinajstić information content (AvgIpc) is 2.40. The van der Waals surface area contributed by atoms with Crippen molar-refractivity contribution in [1.29, 1.82) is 0 Å². The number of hydrogen-bond donors (Lipinski definition) is 3. The van der Waals surface area contributed by atoms with Crippen LogP contribution in [-0.4, -0.2) is 31.8 Å². The van der Waals surface area contributed by atoms with E-state index in [0.717, 1.165) is 12.1 Å². The summed E-state index contributed by atoms with van der Waals surface area (Å²) in [7, 11) is -4.19. The van der Waals surface area contributed by atoms with Crippen molar-refractivity contribution >= 4 is 27.3 Å². The SMILES string of the molecule is Nc1ccc(S(=O)(=O)NC2CCCNC2=O)c([N+](=O)[O-])c1. The van der Waals surface area contributed by atoms with E-state index in [1.165, 1.54) is 6.07 Å². The lowest BCUT2D eigenvalue weighted by Crippen LogP contribution is -2.50. The van der Waals surface area contributed by atoms with Gasteiger partial charge in [-0.05, 0) is 25.0 Å². The number of nitrogen functional groups attached to an aromatic ring is 1. The highest BCUT2D eigenvalue weighted by molar-refractivity contribution is 7.89. The first-order valence-electron chi connectivity index (χ1n) is 6.15. The number of nitro benzene ring substituents is 1. The molecule has 0 aliphatic carbocycles. The molecule has 0 radical (unpaired) electrons. The van der Waals surface area contributed by atoms with Gasteiger partial charge in [0.25, 0.3) is 5.69 Å².